The summed E-state index contributed by atoms with van der Waals surface area (Å²) in [6.07, 6.45) is 3.07. The first-order valence-electron chi connectivity index (χ1n) is 4.77. The summed E-state index contributed by atoms with van der Waals surface area (Å²) < 4.78 is 0. The van der Waals surface area contributed by atoms with Crippen molar-refractivity contribution in [3.63, 3.8) is 0 Å². The van der Waals surface area contributed by atoms with Crippen LogP contribution in [-0.4, -0.2) is 29.5 Å². The minimum Gasteiger partial charge on any atom is -0.329 e. The average molecular weight is 177 g/mol. The second-order valence-corrected chi connectivity index (χ2v) is 3.38. The summed E-state index contributed by atoms with van der Waals surface area (Å²) in [5.41, 5.74) is 6.70. The van der Waals surface area contributed by atoms with Crippen LogP contribution >= 0.6 is 0 Å². The molecule has 1 atom stereocenters. The predicted molar refractivity (Wildman–Crippen MR) is 52.2 cm³/mol. The van der Waals surface area contributed by atoms with Crippen molar-refractivity contribution >= 4 is 0 Å². The van der Waals surface area contributed by atoms with E-state index in [1.54, 1.807) is 0 Å². The molecule has 70 valence electrons. The van der Waals surface area contributed by atoms with Crippen LogP contribution in [0.2, 0.25) is 0 Å². The summed E-state index contributed by atoms with van der Waals surface area (Å²) in [6.45, 7) is 2.89. The van der Waals surface area contributed by atoms with Crippen LogP contribution in [0.1, 0.15) is 18.2 Å². The van der Waals surface area contributed by atoms with Crippen molar-refractivity contribution < 1.29 is 0 Å². The Morgan fingerprint density at radius 3 is 3.00 bits per heavy atom. The fraction of sp³-hybridized carbons (Fsp3) is 0.500. The summed E-state index contributed by atoms with van der Waals surface area (Å²) in [7, 11) is 0. The van der Waals surface area contributed by atoms with Gasteiger partial charge >= 0.3 is 0 Å². The van der Waals surface area contributed by atoms with Crippen LogP contribution in [0.5, 0.6) is 0 Å². The molecule has 2 heterocycles. The molecule has 0 radical (unpaired) electrons. The van der Waals surface area contributed by atoms with Crippen molar-refractivity contribution in [1.82, 2.24) is 9.88 Å². The van der Waals surface area contributed by atoms with Gasteiger partial charge in [0.1, 0.15) is 0 Å². The third kappa shape index (κ3) is 1.71. The Hall–Kier alpha value is -0.930. The van der Waals surface area contributed by atoms with Gasteiger partial charge in [-0.2, -0.15) is 0 Å². The van der Waals surface area contributed by atoms with Crippen molar-refractivity contribution in [3.05, 3.63) is 30.1 Å². The van der Waals surface area contributed by atoms with Crippen LogP contribution in [-0.2, 0) is 0 Å². The van der Waals surface area contributed by atoms with E-state index < -0.39 is 0 Å². The topological polar surface area (TPSA) is 42.1 Å². The van der Waals surface area contributed by atoms with E-state index in [2.05, 4.69) is 16.0 Å². The highest BCUT2D eigenvalue weighted by atomic mass is 15.2. The van der Waals surface area contributed by atoms with E-state index in [4.69, 9.17) is 5.73 Å². The van der Waals surface area contributed by atoms with Gasteiger partial charge in [0.2, 0.25) is 0 Å². The first kappa shape index (κ1) is 8.66. The predicted octanol–water partition coefficient (Wildman–Crippen LogP) is 0.787. The third-order valence-corrected chi connectivity index (χ3v) is 2.58. The van der Waals surface area contributed by atoms with Crippen LogP contribution in [0.4, 0.5) is 0 Å². The fourth-order valence-corrected chi connectivity index (χ4v) is 1.78. The molecule has 1 saturated heterocycles. The minimum atomic E-state index is 0.518. The smallest absolute Gasteiger partial charge is 0.0575 e. The summed E-state index contributed by atoms with van der Waals surface area (Å²) in [6, 6.07) is 6.61. The molecule has 1 aromatic rings. The van der Waals surface area contributed by atoms with Gasteiger partial charge in [0.25, 0.3) is 0 Å². The molecule has 0 bridgehead atoms. The number of hydrogen-bond donors (Lipinski definition) is 1. The quantitative estimate of drug-likeness (QED) is 0.742. The van der Waals surface area contributed by atoms with Gasteiger partial charge < -0.3 is 5.73 Å². The lowest BCUT2D eigenvalue weighted by molar-refractivity contribution is 0.0918. The van der Waals surface area contributed by atoms with Gasteiger partial charge in [0, 0.05) is 25.8 Å². The third-order valence-electron chi connectivity index (χ3n) is 2.58. The lowest BCUT2D eigenvalue weighted by atomic mass is 9.99. The Morgan fingerprint density at radius 2 is 2.46 bits per heavy atom. The Labute approximate surface area is 78.6 Å². The Morgan fingerprint density at radius 1 is 1.54 bits per heavy atom. The molecule has 0 aliphatic carbocycles. The van der Waals surface area contributed by atoms with Crippen molar-refractivity contribution in [2.45, 2.75) is 12.5 Å². The number of rotatable bonds is 3. The monoisotopic (exact) mass is 177 g/mol. The molecule has 0 spiro atoms. The molecule has 3 nitrogen and oxygen atoms in total. The van der Waals surface area contributed by atoms with Gasteiger partial charge in [-0.3, -0.25) is 9.88 Å². The molecule has 2 rings (SSSR count). The van der Waals surface area contributed by atoms with Crippen molar-refractivity contribution in [1.29, 1.82) is 0 Å². The summed E-state index contributed by atoms with van der Waals surface area (Å²) in [5, 5.41) is 0. The van der Waals surface area contributed by atoms with Crippen LogP contribution in [0.25, 0.3) is 0 Å². The van der Waals surface area contributed by atoms with Crippen molar-refractivity contribution in [2.75, 3.05) is 19.6 Å². The Kier molecular flexibility index (Phi) is 2.57. The fourth-order valence-electron chi connectivity index (χ4n) is 1.78. The first-order chi connectivity index (χ1) is 6.42. The Balaban J connectivity index is 2.02. The van der Waals surface area contributed by atoms with E-state index in [9.17, 15) is 0 Å². The maximum atomic E-state index is 5.52. The molecule has 1 unspecified atom stereocenters. The average Bonchev–Trinajstić information content (AvgIpc) is 2.14. The van der Waals surface area contributed by atoms with E-state index in [1.165, 1.54) is 18.7 Å². The van der Waals surface area contributed by atoms with Gasteiger partial charge in [-0.05, 0) is 18.6 Å². The molecule has 1 fully saturated rings. The van der Waals surface area contributed by atoms with E-state index in [0.29, 0.717) is 6.04 Å². The van der Waals surface area contributed by atoms with E-state index >= 15 is 0 Å². The Bertz CT molecular complexity index is 260. The number of pyridine rings is 1. The summed E-state index contributed by atoms with van der Waals surface area (Å²) >= 11 is 0. The number of hydrogen-bond acceptors (Lipinski definition) is 3. The minimum absolute atomic E-state index is 0.518. The van der Waals surface area contributed by atoms with E-state index in [0.717, 1.165) is 13.1 Å². The van der Waals surface area contributed by atoms with Gasteiger partial charge in [-0.1, -0.05) is 6.07 Å². The molecule has 3 heteroatoms. The summed E-state index contributed by atoms with van der Waals surface area (Å²) in [4.78, 5) is 6.73. The molecule has 1 aliphatic heterocycles. The highest BCUT2D eigenvalue weighted by Gasteiger charge is 2.28. The normalized spacial score (nSPS) is 22.7. The van der Waals surface area contributed by atoms with Crippen LogP contribution < -0.4 is 5.73 Å². The zero-order valence-corrected chi connectivity index (χ0v) is 7.69. The van der Waals surface area contributed by atoms with Crippen LogP contribution in [0.3, 0.4) is 0 Å². The SMILES string of the molecule is NCCN1CCC1c1ccccn1. The first-order valence-corrected chi connectivity index (χ1v) is 4.77. The molecule has 2 N–H and O–H groups in total. The zero-order valence-electron chi connectivity index (χ0n) is 7.69. The maximum absolute atomic E-state index is 5.52. The van der Waals surface area contributed by atoms with Gasteiger partial charge in [0.05, 0.1) is 11.7 Å². The highest BCUT2D eigenvalue weighted by molar-refractivity contribution is 5.11. The zero-order chi connectivity index (χ0) is 9.10. The van der Waals surface area contributed by atoms with Crippen molar-refractivity contribution in [3.8, 4) is 0 Å². The number of nitrogens with two attached hydrogens (primary N) is 1. The highest BCUT2D eigenvalue weighted by Crippen LogP contribution is 2.30. The number of aromatic nitrogens is 1. The van der Waals surface area contributed by atoms with E-state index in [-0.39, 0.29) is 0 Å². The number of nitrogens with zero attached hydrogens (tertiary/aromatic N) is 2. The molecular weight excluding hydrogens is 162 g/mol. The van der Waals surface area contributed by atoms with Gasteiger partial charge in [-0.15, -0.1) is 0 Å². The van der Waals surface area contributed by atoms with E-state index in [1.807, 2.05) is 18.3 Å². The molecular formula is C10H15N3. The standard InChI is InChI=1S/C10H15N3/c11-5-8-13-7-4-10(13)9-3-1-2-6-12-9/h1-3,6,10H,4-5,7-8,11H2. The summed E-state index contributed by atoms with van der Waals surface area (Å²) in [5.74, 6) is 0. The largest absolute Gasteiger partial charge is 0.329 e. The van der Waals surface area contributed by atoms with Crippen molar-refractivity contribution in [2.24, 2.45) is 5.73 Å². The second kappa shape index (κ2) is 3.85. The molecule has 0 saturated carbocycles. The maximum Gasteiger partial charge on any atom is 0.0575 e. The van der Waals surface area contributed by atoms with Gasteiger partial charge in [0.15, 0.2) is 0 Å². The molecule has 1 aromatic heterocycles. The second-order valence-electron chi connectivity index (χ2n) is 3.38. The van der Waals surface area contributed by atoms with Crippen LogP contribution in [0.15, 0.2) is 24.4 Å². The molecule has 13 heavy (non-hydrogen) atoms. The molecule has 1 aliphatic rings. The lowest BCUT2D eigenvalue weighted by Crippen LogP contribution is -2.43. The number of likely N-dealkylation sites (tertiary alicyclic amines) is 1. The lowest BCUT2D eigenvalue weighted by Gasteiger charge is -2.40. The van der Waals surface area contributed by atoms with Gasteiger partial charge in [-0.25, -0.2) is 0 Å². The van der Waals surface area contributed by atoms with Crippen LogP contribution in [0, 0.1) is 0 Å². The molecule has 0 aromatic carbocycles. The molecule has 0 amide bonds.